The minimum Gasteiger partial charge on any atom is -0.383 e. The molecule has 5 nitrogen and oxygen atoms in total. The van der Waals surface area contributed by atoms with Gasteiger partial charge in [0.1, 0.15) is 12.1 Å². The lowest BCUT2D eigenvalue weighted by molar-refractivity contribution is 0.711. The Bertz CT molecular complexity index is 469. The molecular formula is C11H18IN5S. The van der Waals surface area contributed by atoms with Crippen LogP contribution < -0.4 is 11.1 Å². The Kier molecular flexibility index (Phi) is 7.36. The highest BCUT2D eigenvalue weighted by Gasteiger charge is 2.04. The van der Waals surface area contributed by atoms with Crippen LogP contribution in [0.25, 0.3) is 11.0 Å². The summed E-state index contributed by atoms with van der Waals surface area (Å²) in [5.74, 6) is 0.532. The fourth-order valence-corrected chi connectivity index (χ4v) is 2.63. The molecule has 18 heavy (non-hydrogen) atoms. The van der Waals surface area contributed by atoms with Gasteiger partial charge in [0.15, 0.2) is 5.65 Å². The van der Waals surface area contributed by atoms with E-state index < -0.39 is 0 Å². The van der Waals surface area contributed by atoms with Gasteiger partial charge in [-0.2, -0.15) is 0 Å². The Balaban J connectivity index is 0.000000232. The minimum atomic E-state index is 0.532. The topological polar surface area (TPSA) is 68.8 Å². The van der Waals surface area contributed by atoms with Crippen LogP contribution in [0.2, 0.25) is 0 Å². The Hall–Kier alpha value is -0.540. The summed E-state index contributed by atoms with van der Waals surface area (Å²) >= 11 is 2.19. The highest BCUT2D eigenvalue weighted by atomic mass is 127. The van der Waals surface area contributed by atoms with E-state index in [-0.39, 0.29) is 0 Å². The van der Waals surface area contributed by atoms with E-state index in [1.54, 1.807) is 9.12 Å². The summed E-state index contributed by atoms with van der Waals surface area (Å²) in [4.78, 5) is 8.02. The first-order valence-electron chi connectivity index (χ1n) is 5.75. The standard InChI is InChI=1S/C6H5IN4S.C5H13N/c7-12-11-2-1-4-5(8)9-3-10-6(4)11;1-3-4-5-6-2/h1-3H,(H2,8,9,10);6H,3-5H2,1-2H3. The molecule has 0 atom stereocenters. The second-order valence-electron chi connectivity index (χ2n) is 3.66. The van der Waals surface area contributed by atoms with Crippen molar-refractivity contribution in [1.82, 2.24) is 19.3 Å². The van der Waals surface area contributed by atoms with E-state index in [1.807, 2.05) is 23.3 Å². The molecule has 2 aromatic heterocycles. The molecule has 0 aromatic carbocycles. The van der Waals surface area contributed by atoms with Crippen molar-refractivity contribution >= 4 is 47.2 Å². The van der Waals surface area contributed by atoms with Crippen molar-refractivity contribution in [2.45, 2.75) is 19.8 Å². The van der Waals surface area contributed by atoms with Gasteiger partial charge in [0, 0.05) is 36.5 Å². The molecule has 0 unspecified atom stereocenters. The van der Waals surface area contributed by atoms with Gasteiger partial charge in [-0.25, -0.2) is 9.97 Å². The number of nitrogens with zero attached hydrogens (tertiary/aromatic N) is 3. The molecule has 7 heteroatoms. The fourth-order valence-electron chi connectivity index (χ4n) is 1.36. The third-order valence-electron chi connectivity index (χ3n) is 2.33. The molecule has 0 radical (unpaired) electrons. The van der Waals surface area contributed by atoms with Gasteiger partial charge in [-0.3, -0.25) is 3.97 Å². The highest BCUT2D eigenvalue weighted by molar-refractivity contribution is 14.2. The monoisotopic (exact) mass is 379 g/mol. The van der Waals surface area contributed by atoms with Gasteiger partial charge in [-0.15, -0.1) is 0 Å². The molecule has 0 aliphatic heterocycles. The smallest absolute Gasteiger partial charge is 0.156 e. The summed E-state index contributed by atoms with van der Waals surface area (Å²) in [6.45, 7) is 3.36. The molecule has 3 N–H and O–H groups in total. The largest absolute Gasteiger partial charge is 0.383 e. The third-order valence-corrected chi connectivity index (χ3v) is 4.05. The lowest BCUT2D eigenvalue weighted by Gasteiger charge is -1.96. The average Bonchev–Trinajstić information content (AvgIpc) is 2.81. The minimum absolute atomic E-state index is 0.532. The van der Waals surface area contributed by atoms with Crippen LogP contribution in [-0.2, 0) is 0 Å². The lowest BCUT2D eigenvalue weighted by Crippen LogP contribution is -2.06. The first kappa shape index (κ1) is 15.5. The molecule has 0 fully saturated rings. The Morgan fingerprint density at radius 3 is 2.83 bits per heavy atom. The summed E-state index contributed by atoms with van der Waals surface area (Å²) in [5.41, 5.74) is 6.51. The van der Waals surface area contributed by atoms with Crippen LogP contribution in [0.1, 0.15) is 19.8 Å². The first-order chi connectivity index (χ1) is 8.74. The first-order valence-corrected chi connectivity index (χ1v) is 9.07. The zero-order chi connectivity index (χ0) is 13.4. The number of anilines is 1. The molecule has 0 saturated carbocycles. The van der Waals surface area contributed by atoms with Crippen molar-refractivity contribution in [3.63, 3.8) is 0 Å². The number of rotatable bonds is 4. The van der Waals surface area contributed by atoms with Crippen molar-refractivity contribution < 1.29 is 0 Å². The zero-order valence-corrected chi connectivity index (χ0v) is 13.5. The van der Waals surface area contributed by atoms with Crippen molar-refractivity contribution in [2.75, 3.05) is 19.3 Å². The van der Waals surface area contributed by atoms with E-state index in [4.69, 9.17) is 5.73 Å². The Labute approximate surface area is 124 Å². The predicted octanol–water partition coefficient (Wildman–Crippen LogP) is 2.87. The van der Waals surface area contributed by atoms with Crippen molar-refractivity contribution in [1.29, 1.82) is 0 Å². The second-order valence-corrected chi connectivity index (χ2v) is 5.38. The molecule has 0 aliphatic rings. The number of hydrogen-bond donors (Lipinski definition) is 2. The van der Waals surface area contributed by atoms with Crippen molar-refractivity contribution in [3.05, 3.63) is 18.6 Å². The number of halogens is 1. The number of fused-ring (bicyclic) bond motifs is 1. The summed E-state index contributed by atoms with van der Waals surface area (Å²) in [7, 11) is 3.54. The molecule has 0 saturated heterocycles. The SMILES string of the molecule is CCCCNC.Nc1ncnc2c1ccn2SI. The van der Waals surface area contributed by atoms with E-state index in [0.29, 0.717) is 5.82 Å². The molecule has 0 aliphatic carbocycles. The average molecular weight is 379 g/mol. The van der Waals surface area contributed by atoms with Crippen LogP contribution in [0, 0.1) is 0 Å². The van der Waals surface area contributed by atoms with Crippen molar-refractivity contribution in [3.8, 4) is 0 Å². The maximum Gasteiger partial charge on any atom is 0.156 e. The maximum atomic E-state index is 5.65. The van der Waals surface area contributed by atoms with Gasteiger partial charge >= 0.3 is 0 Å². The summed E-state index contributed by atoms with van der Waals surface area (Å²) in [6.07, 6.45) is 5.99. The molecule has 2 aromatic rings. The molecule has 2 heterocycles. The molecule has 2 rings (SSSR count). The number of unbranched alkanes of at least 4 members (excludes halogenated alkanes) is 1. The predicted molar refractivity (Wildman–Crippen MR) is 87.8 cm³/mol. The maximum absolute atomic E-state index is 5.65. The number of hydrogen-bond acceptors (Lipinski definition) is 5. The number of nitrogens with two attached hydrogens (primary N) is 1. The van der Waals surface area contributed by atoms with E-state index in [1.165, 1.54) is 19.2 Å². The summed E-state index contributed by atoms with van der Waals surface area (Å²) in [6, 6.07) is 1.91. The molecule has 0 spiro atoms. The van der Waals surface area contributed by atoms with E-state index in [9.17, 15) is 0 Å². The van der Waals surface area contributed by atoms with Gasteiger partial charge in [-0.05, 0) is 26.1 Å². The van der Waals surface area contributed by atoms with Crippen LogP contribution in [0.3, 0.4) is 0 Å². The van der Waals surface area contributed by atoms with Gasteiger partial charge in [-0.1, -0.05) is 13.3 Å². The number of aromatic nitrogens is 3. The van der Waals surface area contributed by atoms with Crippen LogP contribution in [0.5, 0.6) is 0 Å². The number of nitrogen functional groups attached to an aromatic ring is 1. The van der Waals surface area contributed by atoms with E-state index >= 15 is 0 Å². The Morgan fingerprint density at radius 1 is 1.50 bits per heavy atom. The molecule has 0 bridgehead atoms. The van der Waals surface area contributed by atoms with Gasteiger partial charge in [0.25, 0.3) is 0 Å². The Morgan fingerprint density at radius 2 is 2.28 bits per heavy atom. The van der Waals surface area contributed by atoms with Gasteiger partial charge in [0.2, 0.25) is 0 Å². The van der Waals surface area contributed by atoms with E-state index in [0.717, 1.165) is 17.6 Å². The normalized spacial score (nSPS) is 10.2. The van der Waals surface area contributed by atoms with Gasteiger partial charge < -0.3 is 11.1 Å². The quantitative estimate of drug-likeness (QED) is 0.632. The van der Waals surface area contributed by atoms with E-state index in [2.05, 4.69) is 43.4 Å². The van der Waals surface area contributed by atoms with Crippen LogP contribution in [0.15, 0.2) is 18.6 Å². The van der Waals surface area contributed by atoms with Gasteiger partial charge in [0.05, 0.1) is 5.39 Å². The lowest BCUT2D eigenvalue weighted by atomic mass is 10.3. The molecule has 100 valence electrons. The molecule has 0 amide bonds. The fraction of sp³-hybridized carbons (Fsp3) is 0.455. The second kappa shape index (κ2) is 8.54. The van der Waals surface area contributed by atoms with Crippen molar-refractivity contribution in [2.24, 2.45) is 0 Å². The summed E-state index contributed by atoms with van der Waals surface area (Å²) < 4.78 is 1.94. The number of nitrogens with one attached hydrogen (secondary N) is 1. The highest BCUT2D eigenvalue weighted by Crippen LogP contribution is 2.24. The third kappa shape index (κ3) is 4.29. The summed E-state index contributed by atoms with van der Waals surface area (Å²) in [5, 5.41) is 3.97. The zero-order valence-electron chi connectivity index (χ0n) is 10.6. The van der Waals surface area contributed by atoms with Crippen LogP contribution in [-0.4, -0.2) is 27.5 Å². The molecular weight excluding hydrogens is 361 g/mol. The van der Waals surface area contributed by atoms with Crippen LogP contribution >= 0.6 is 30.3 Å². The van der Waals surface area contributed by atoms with Crippen LogP contribution in [0.4, 0.5) is 5.82 Å².